The number of hydrogen-bond donors (Lipinski definition) is 3. The molecule has 0 aliphatic heterocycles. The Morgan fingerprint density at radius 3 is 1.91 bits per heavy atom. The molecule has 0 radical (unpaired) electrons. The number of ether oxygens (including phenoxy) is 1. The second-order valence-corrected chi connectivity index (χ2v) is 12.7. The van der Waals surface area contributed by atoms with Crippen LogP contribution in [0.5, 0.6) is 0 Å². The molecule has 0 aromatic carbocycles. The lowest BCUT2D eigenvalue weighted by Gasteiger charge is -2.35. The molecule has 2 rings (SSSR count). The van der Waals surface area contributed by atoms with E-state index in [2.05, 4.69) is 17.1 Å². The number of aliphatic hydroxyl groups is 1. The highest BCUT2D eigenvalue weighted by molar-refractivity contribution is 5.83. The van der Waals surface area contributed by atoms with Crippen LogP contribution in [0.3, 0.4) is 0 Å². The molecular weight excluding hydrogens is 568 g/mol. The summed E-state index contributed by atoms with van der Waals surface area (Å²) in [7, 11) is 7.79. The molecule has 7 unspecified atom stereocenters. The van der Waals surface area contributed by atoms with Gasteiger partial charge in [-0.05, 0) is 96.9 Å². The van der Waals surface area contributed by atoms with Gasteiger partial charge in [-0.25, -0.2) is 0 Å². The number of primary amides is 1. The van der Waals surface area contributed by atoms with Crippen LogP contribution in [0.15, 0.2) is 0 Å². The minimum absolute atomic E-state index is 0. The predicted octanol–water partition coefficient (Wildman–Crippen LogP) is 6.82. The summed E-state index contributed by atoms with van der Waals surface area (Å²) in [5.41, 5.74) is 5.05. The Morgan fingerprint density at radius 2 is 1.44 bits per heavy atom. The van der Waals surface area contributed by atoms with E-state index >= 15 is 0 Å². The topological polar surface area (TPSA) is 125 Å². The number of likely N-dealkylation sites (N-methyl/N-ethyl adjacent to an activating group) is 1. The van der Waals surface area contributed by atoms with E-state index in [-0.39, 0.29) is 109 Å². The van der Waals surface area contributed by atoms with Gasteiger partial charge in [0.15, 0.2) is 0 Å². The Kier molecular flexibility index (Phi) is 34.4. The Balaban J connectivity index is -0.000000361. The van der Waals surface area contributed by atoms with Crippen molar-refractivity contribution in [2.24, 2.45) is 46.7 Å². The van der Waals surface area contributed by atoms with Gasteiger partial charge in [0, 0.05) is 24.4 Å². The molecule has 0 heterocycles. The zero-order valence-electron chi connectivity index (χ0n) is 24.2. The van der Waals surface area contributed by atoms with E-state index in [1.54, 1.807) is 0 Å². The van der Waals surface area contributed by atoms with Crippen molar-refractivity contribution in [2.45, 2.75) is 125 Å². The summed E-state index contributed by atoms with van der Waals surface area (Å²) in [6.07, 6.45) is 3.44. The average Bonchev–Trinajstić information content (AvgIpc) is 3.31. The monoisotopic (exact) mass is 653 g/mol. The molecule has 0 aromatic rings. The van der Waals surface area contributed by atoms with Crippen LogP contribution in [0.2, 0.25) is 0 Å². The Hall–Kier alpha value is -1.71. The maximum atomic E-state index is 13.2. The van der Waals surface area contributed by atoms with Crippen LogP contribution in [0, 0.1) is 40.9 Å². The molecule has 4 N–H and O–H groups in total. The first-order valence-corrected chi connectivity index (χ1v) is 13.9. The van der Waals surface area contributed by atoms with E-state index < -0.39 is 23.2 Å². The molecule has 0 aromatic heterocycles. The van der Waals surface area contributed by atoms with Gasteiger partial charge in [-0.1, -0.05) is 80.2 Å². The van der Waals surface area contributed by atoms with Crippen molar-refractivity contribution < 1.29 is 24.2 Å². The second-order valence-electron chi connectivity index (χ2n) is 12.7. The summed E-state index contributed by atoms with van der Waals surface area (Å²) in [5, 5.41) is 13.5. The number of esters is 1. The molecule has 9 heteroatoms. The standard InChI is InChI=1S/C28H52N4O5.8CH4/c1-18-19-14-23(24(33)16-19)22(18)15-20(25(29)34)13-21(26(35)37-12-11-32(6)7)17-28(2,3)27(36)30-9-8-10-31(4)5;;;;;;;;/h18-24,33H,8-17H2,1-7H3,(H2,29,34)(H,30,36);8*1H4. The van der Waals surface area contributed by atoms with Gasteiger partial charge in [0.25, 0.3) is 0 Å². The summed E-state index contributed by atoms with van der Waals surface area (Å²) in [4.78, 5) is 42.8. The molecule has 2 amide bonds. The van der Waals surface area contributed by atoms with Crippen LogP contribution in [-0.2, 0) is 19.1 Å². The van der Waals surface area contributed by atoms with Crippen LogP contribution < -0.4 is 11.1 Å². The lowest BCUT2D eigenvalue weighted by molar-refractivity contribution is -0.151. The third-order valence-electron chi connectivity index (χ3n) is 8.67. The van der Waals surface area contributed by atoms with Crippen LogP contribution in [0.4, 0.5) is 0 Å². The highest BCUT2D eigenvalue weighted by Crippen LogP contribution is 2.54. The normalized spacial score (nSPS) is 22.1. The van der Waals surface area contributed by atoms with Gasteiger partial charge in [-0.2, -0.15) is 0 Å². The number of nitrogens with one attached hydrogen (secondary N) is 1. The fourth-order valence-corrected chi connectivity index (χ4v) is 6.36. The van der Waals surface area contributed by atoms with Crippen molar-refractivity contribution >= 4 is 17.8 Å². The molecule has 2 bridgehead atoms. The molecule has 45 heavy (non-hydrogen) atoms. The van der Waals surface area contributed by atoms with Crippen molar-refractivity contribution in [3.05, 3.63) is 0 Å². The lowest BCUT2D eigenvalue weighted by atomic mass is 9.72. The van der Waals surface area contributed by atoms with Crippen molar-refractivity contribution in [1.82, 2.24) is 15.1 Å². The van der Waals surface area contributed by atoms with E-state index in [1.165, 1.54) is 0 Å². The van der Waals surface area contributed by atoms with Crippen molar-refractivity contribution in [1.29, 1.82) is 0 Å². The number of nitrogens with zero attached hydrogens (tertiary/aromatic N) is 2. The van der Waals surface area contributed by atoms with E-state index in [0.717, 1.165) is 25.8 Å². The lowest BCUT2D eigenvalue weighted by Crippen LogP contribution is -2.41. The number of carbonyl (C=O) groups is 3. The van der Waals surface area contributed by atoms with Gasteiger partial charge in [-0.15, -0.1) is 0 Å². The predicted molar refractivity (Wildman–Crippen MR) is 198 cm³/mol. The first-order valence-electron chi connectivity index (χ1n) is 13.9. The number of carbonyl (C=O) groups excluding carboxylic acids is 3. The third kappa shape index (κ3) is 17.7. The van der Waals surface area contributed by atoms with Gasteiger partial charge in [0.05, 0.1) is 12.0 Å². The smallest absolute Gasteiger partial charge is 0.309 e. The van der Waals surface area contributed by atoms with Gasteiger partial charge in [0.1, 0.15) is 6.61 Å². The number of amides is 2. The van der Waals surface area contributed by atoms with Gasteiger partial charge < -0.3 is 30.7 Å². The highest BCUT2D eigenvalue weighted by atomic mass is 16.5. The van der Waals surface area contributed by atoms with Gasteiger partial charge in [0.2, 0.25) is 11.8 Å². The summed E-state index contributed by atoms with van der Waals surface area (Å²) >= 11 is 0. The van der Waals surface area contributed by atoms with Crippen LogP contribution in [0.1, 0.15) is 119 Å². The maximum Gasteiger partial charge on any atom is 0.309 e. The SMILES string of the molecule is C.C.C.C.C.C.C.C.CC1C2CC(O)C(C2)C1CC(CC(CC(C)(C)C(=O)NCCCN(C)C)C(=O)OCCN(C)C)C(N)=O. The van der Waals surface area contributed by atoms with Gasteiger partial charge in [-0.3, -0.25) is 14.4 Å². The zero-order valence-corrected chi connectivity index (χ0v) is 24.2. The van der Waals surface area contributed by atoms with E-state index in [0.29, 0.717) is 31.3 Å². The number of hydrogen-bond acceptors (Lipinski definition) is 7. The summed E-state index contributed by atoms with van der Waals surface area (Å²) in [5.74, 6) is -0.751. The molecule has 9 nitrogen and oxygen atoms in total. The highest BCUT2D eigenvalue weighted by Gasteiger charge is 2.51. The fraction of sp³-hybridized carbons (Fsp3) is 0.917. The van der Waals surface area contributed by atoms with Crippen LogP contribution in [0.25, 0.3) is 0 Å². The van der Waals surface area contributed by atoms with Crippen LogP contribution in [-0.4, -0.2) is 93.2 Å². The molecule has 2 saturated carbocycles. The summed E-state index contributed by atoms with van der Waals surface area (Å²) < 4.78 is 5.59. The Labute approximate surface area is 282 Å². The van der Waals surface area contributed by atoms with Gasteiger partial charge >= 0.3 is 5.97 Å². The van der Waals surface area contributed by atoms with Crippen LogP contribution >= 0.6 is 0 Å². The molecule has 2 fully saturated rings. The minimum atomic E-state index is -0.818. The molecule has 278 valence electrons. The molecule has 0 spiro atoms. The molecule has 0 saturated heterocycles. The van der Waals surface area contributed by atoms with Crippen molar-refractivity contribution in [3.63, 3.8) is 0 Å². The number of fused-ring (bicyclic) bond motifs is 2. The summed E-state index contributed by atoms with van der Waals surface area (Å²) in [6, 6.07) is 0. The van der Waals surface area contributed by atoms with E-state index in [1.807, 2.05) is 46.9 Å². The first kappa shape index (κ1) is 58.8. The van der Waals surface area contributed by atoms with E-state index in [4.69, 9.17) is 10.5 Å². The van der Waals surface area contributed by atoms with Crippen molar-refractivity contribution in [2.75, 3.05) is 54.4 Å². The first-order chi connectivity index (χ1) is 17.2. The van der Waals surface area contributed by atoms with E-state index in [9.17, 15) is 19.5 Å². The number of nitrogens with two attached hydrogens (primary N) is 1. The number of rotatable bonds is 16. The third-order valence-corrected chi connectivity index (χ3v) is 8.67. The Morgan fingerprint density at radius 1 is 0.911 bits per heavy atom. The zero-order chi connectivity index (χ0) is 27.9. The quantitative estimate of drug-likeness (QED) is 0.123. The molecule has 2 aliphatic rings. The largest absolute Gasteiger partial charge is 0.464 e. The Bertz CT molecular complexity index is 775. The summed E-state index contributed by atoms with van der Waals surface area (Å²) in [6.45, 7) is 8.15. The molecule has 7 atom stereocenters. The number of aliphatic hydroxyl groups excluding tert-OH is 1. The molecular formula is C36H84N4O5. The van der Waals surface area contributed by atoms with Crippen molar-refractivity contribution in [3.8, 4) is 0 Å². The second kappa shape index (κ2) is 26.4. The maximum absolute atomic E-state index is 13.2. The molecule has 2 aliphatic carbocycles. The minimum Gasteiger partial charge on any atom is -0.464 e. The average molecular weight is 653 g/mol. The fourth-order valence-electron chi connectivity index (χ4n) is 6.36.